The van der Waals surface area contributed by atoms with Crippen LogP contribution in [0.3, 0.4) is 0 Å². The summed E-state index contributed by atoms with van der Waals surface area (Å²) in [5, 5.41) is 11.3. The second-order valence-electron chi connectivity index (χ2n) is 5.74. The van der Waals surface area contributed by atoms with Crippen LogP contribution in [0.25, 0.3) is 0 Å². The summed E-state index contributed by atoms with van der Waals surface area (Å²) >= 11 is 0. The Morgan fingerprint density at radius 3 is 2.75 bits per heavy atom. The van der Waals surface area contributed by atoms with Crippen molar-refractivity contribution < 1.29 is 14.3 Å². The molecule has 0 fully saturated rings. The lowest BCUT2D eigenvalue weighted by atomic mass is 10.2. The maximum atomic E-state index is 12.0. The molecule has 0 spiro atoms. The van der Waals surface area contributed by atoms with E-state index in [-0.39, 0.29) is 12.5 Å². The van der Waals surface area contributed by atoms with Crippen LogP contribution in [0.4, 0.5) is 0 Å². The summed E-state index contributed by atoms with van der Waals surface area (Å²) in [6.45, 7) is 1.26. The van der Waals surface area contributed by atoms with Gasteiger partial charge < -0.3 is 19.4 Å². The van der Waals surface area contributed by atoms with Crippen molar-refractivity contribution in [2.24, 2.45) is 0 Å². The summed E-state index contributed by atoms with van der Waals surface area (Å²) in [7, 11) is 1.61. The Labute approximate surface area is 141 Å². The monoisotopic (exact) mass is 330 g/mol. The first-order chi connectivity index (χ1) is 11.8. The van der Waals surface area contributed by atoms with Crippen molar-refractivity contribution in [3.63, 3.8) is 0 Å². The van der Waals surface area contributed by atoms with Crippen molar-refractivity contribution in [1.29, 1.82) is 0 Å². The molecule has 0 unspecified atom stereocenters. The van der Waals surface area contributed by atoms with Gasteiger partial charge in [-0.15, -0.1) is 10.2 Å². The van der Waals surface area contributed by atoms with Crippen LogP contribution < -0.4 is 14.8 Å². The Morgan fingerprint density at radius 2 is 1.96 bits per heavy atom. The van der Waals surface area contributed by atoms with Crippen LogP contribution in [0, 0.1) is 0 Å². The molecule has 1 aromatic carbocycles. The minimum Gasteiger partial charge on any atom is -0.497 e. The number of carbonyl (C=O) groups is 1. The molecule has 1 amide bonds. The molecule has 0 atom stereocenters. The summed E-state index contributed by atoms with van der Waals surface area (Å²) in [6, 6.07) is 7.12. The minimum absolute atomic E-state index is 0.0344. The normalized spacial score (nSPS) is 13.7. The lowest BCUT2D eigenvalue weighted by Gasteiger charge is -2.09. The highest BCUT2D eigenvalue weighted by molar-refractivity contribution is 5.77. The van der Waals surface area contributed by atoms with Crippen LogP contribution in [0.1, 0.15) is 30.9 Å². The molecule has 0 bridgehead atoms. The van der Waals surface area contributed by atoms with Gasteiger partial charge in [-0.3, -0.25) is 4.79 Å². The van der Waals surface area contributed by atoms with Gasteiger partial charge in [0.2, 0.25) is 0 Å². The van der Waals surface area contributed by atoms with Gasteiger partial charge in [-0.1, -0.05) is 6.42 Å². The lowest BCUT2D eigenvalue weighted by Crippen LogP contribution is -2.29. The molecule has 3 rings (SSSR count). The maximum Gasteiger partial charge on any atom is 0.258 e. The van der Waals surface area contributed by atoms with Crippen molar-refractivity contribution in [3.05, 3.63) is 35.9 Å². The average molecular weight is 330 g/mol. The zero-order valence-corrected chi connectivity index (χ0v) is 13.8. The van der Waals surface area contributed by atoms with Crippen molar-refractivity contribution >= 4 is 5.91 Å². The Bertz CT molecular complexity index is 682. The molecule has 0 aliphatic carbocycles. The van der Waals surface area contributed by atoms with Gasteiger partial charge in [0.05, 0.1) is 13.7 Å². The molecule has 0 saturated heterocycles. The van der Waals surface area contributed by atoms with Gasteiger partial charge >= 0.3 is 0 Å². The largest absolute Gasteiger partial charge is 0.497 e. The molecule has 0 radical (unpaired) electrons. The van der Waals surface area contributed by atoms with E-state index >= 15 is 0 Å². The topological polar surface area (TPSA) is 78.3 Å². The van der Waals surface area contributed by atoms with Gasteiger partial charge in [0.1, 0.15) is 17.3 Å². The highest BCUT2D eigenvalue weighted by atomic mass is 16.5. The predicted molar refractivity (Wildman–Crippen MR) is 87.9 cm³/mol. The number of aryl methyl sites for hydroxylation is 1. The molecular formula is C17H22N4O3. The third-order valence-electron chi connectivity index (χ3n) is 4.06. The average Bonchev–Trinajstić information content (AvgIpc) is 2.85. The highest BCUT2D eigenvalue weighted by Crippen LogP contribution is 2.17. The van der Waals surface area contributed by atoms with Crippen LogP contribution >= 0.6 is 0 Å². The Hall–Kier alpha value is -2.57. The molecule has 128 valence electrons. The number of nitrogens with one attached hydrogen (secondary N) is 1. The number of hydrogen-bond acceptors (Lipinski definition) is 5. The van der Waals surface area contributed by atoms with Gasteiger partial charge in [0, 0.05) is 13.0 Å². The third kappa shape index (κ3) is 4.04. The number of rotatable bonds is 6. The smallest absolute Gasteiger partial charge is 0.258 e. The molecule has 2 aromatic rings. The van der Waals surface area contributed by atoms with E-state index in [0.717, 1.165) is 43.2 Å². The molecular weight excluding hydrogens is 308 g/mol. The van der Waals surface area contributed by atoms with E-state index in [1.807, 2.05) is 0 Å². The van der Waals surface area contributed by atoms with Crippen LogP contribution in [-0.2, 0) is 24.3 Å². The number of amides is 1. The zero-order chi connectivity index (χ0) is 16.8. The molecule has 1 N–H and O–H groups in total. The van der Waals surface area contributed by atoms with E-state index in [1.54, 1.807) is 31.4 Å². The molecule has 24 heavy (non-hydrogen) atoms. The lowest BCUT2D eigenvalue weighted by molar-refractivity contribution is -0.123. The Balaban J connectivity index is 1.48. The first-order valence-corrected chi connectivity index (χ1v) is 8.21. The molecule has 1 aromatic heterocycles. The zero-order valence-electron chi connectivity index (χ0n) is 13.8. The summed E-state index contributed by atoms with van der Waals surface area (Å²) in [4.78, 5) is 12.0. The van der Waals surface area contributed by atoms with Crippen LogP contribution in [0.15, 0.2) is 24.3 Å². The fourth-order valence-corrected chi connectivity index (χ4v) is 2.73. The fraction of sp³-hybridized carbons (Fsp3) is 0.471. The van der Waals surface area contributed by atoms with Gasteiger partial charge in [-0.05, 0) is 37.1 Å². The predicted octanol–water partition coefficient (Wildman–Crippen LogP) is 1.71. The number of methoxy groups -OCH3 is 1. The van der Waals surface area contributed by atoms with Crippen LogP contribution in [0.5, 0.6) is 11.5 Å². The first kappa shape index (κ1) is 16.3. The van der Waals surface area contributed by atoms with Gasteiger partial charge in [0.25, 0.3) is 5.91 Å². The molecule has 7 heteroatoms. The van der Waals surface area contributed by atoms with Gasteiger partial charge in [0.15, 0.2) is 12.4 Å². The number of nitrogens with zero attached hydrogens (tertiary/aromatic N) is 3. The fourth-order valence-electron chi connectivity index (χ4n) is 2.73. The number of fused-ring (bicyclic) bond motifs is 1. The van der Waals surface area contributed by atoms with Crippen molar-refractivity contribution in [2.45, 2.75) is 38.8 Å². The second-order valence-corrected chi connectivity index (χ2v) is 5.74. The molecule has 1 aliphatic rings. The number of ether oxygens (including phenoxy) is 2. The van der Waals surface area contributed by atoms with E-state index in [4.69, 9.17) is 9.47 Å². The van der Waals surface area contributed by atoms with Crippen molar-refractivity contribution in [1.82, 2.24) is 20.1 Å². The summed E-state index contributed by atoms with van der Waals surface area (Å²) in [5.74, 6) is 3.02. The van der Waals surface area contributed by atoms with Crippen LogP contribution in [-0.4, -0.2) is 34.4 Å². The number of carbonyl (C=O) groups excluding carboxylic acids is 1. The van der Waals surface area contributed by atoms with E-state index < -0.39 is 0 Å². The van der Waals surface area contributed by atoms with E-state index in [2.05, 4.69) is 20.1 Å². The van der Waals surface area contributed by atoms with E-state index in [0.29, 0.717) is 12.3 Å². The molecule has 0 saturated carbocycles. The Morgan fingerprint density at radius 1 is 1.17 bits per heavy atom. The molecule has 2 heterocycles. The minimum atomic E-state index is -0.184. The quantitative estimate of drug-likeness (QED) is 0.872. The molecule has 7 nitrogen and oxygen atoms in total. The third-order valence-corrected chi connectivity index (χ3v) is 4.06. The standard InChI is InChI=1S/C17H22N4O3/c1-23-13-6-8-14(9-7-13)24-12-17(22)18-11-16-20-19-15-5-3-2-4-10-21(15)16/h6-9H,2-5,10-12H2,1H3,(H,18,22). The number of benzene rings is 1. The number of hydrogen-bond donors (Lipinski definition) is 1. The summed E-state index contributed by atoms with van der Waals surface area (Å²) in [5.41, 5.74) is 0. The summed E-state index contributed by atoms with van der Waals surface area (Å²) in [6.07, 6.45) is 4.46. The van der Waals surface area contributed by atoms with Crippen molar-refractivity contribution in [3.8, 4) is 11.5 Å². The first-order valence-electron chi connectivity index (χ1n) is 8.21. The van der Waals surface area contributed by atoms with Crippen LogP contribution in [0.2, 0.25) is 0 Å². The van der Waals surface area contributed by atoms with E-state index in [1.165, 1.54) is 6.42 Å². The second kappa shape index (κ2) is 7.81. The SMILES string of the molecule is COc1ccc(OCC(=O)NCc2nnc3n2CCCCC3)cc1. The number of aromatic nitrogens is 3. The van der Waals surface area contributed by atoms with Gasteiger partial charge in [-0.2, -0.15) is 0 Å². The highest BCUT2D eigenvalue weighted by Gasteiger charge is 2.15. The Kier molecular flexibility index (Phi) is 5.30. The maximum absolute atomic E-state index is 12.0. The molecule has 1 aliphatic heterocycles. The van der Waals surface area contributed by atoms with Crippen molar-refractivity contribution in [2.75, 3.05) is 13.7 Å². The van der Waals surface area contributed by atoms with Gasteiger partial charge in [-0.25, -0.2) is 0 Å². The van der Waals surface area contributed by atoms with E-state index in [9.17, 15) is 4.79 Å². The summed E-state index contributed by atoms with van der Waals surface area (Å²) < 4.78 is 12.7.